The van der Waals surface area contributed by atoms with Crippen LogP contribution in [-0.4, -0.2) is 52.9 Å². The second kappa shape index (κ2) is 15.7. The summed E-state index contributed by atoms with van der Waals surface area (Å²) in [6, 6.07) is 3.68. The van der Waals surface area contributed by atoms with E-state index in [1.54, 1.807) is 11.8 Å². The number of anilines is 1. The number of carbonyl (C=O) groups is 1. The van der Waals surface area contributed by atoms with Crippen molar-refractivity contribution in [3.05, 3.63) is 33.9 Å². The summed E-state index contributed by atoms with van der Waals surface area (Å²) in [5.41, 5.74) is -0.230. The Balaban J connectivity index is 2.56. The summed E-state index contributed by atoms with van der Waals surface area (Å²) in [5, 5.41) is 13.8. The first kappa shape index (κ1) is 31.7. The molecule has 0 heterocycles. The summed E-state index contributed by atoms with van der Waals surface area (Å²) < 4.78 is 42.5. The van der Waals surface area contributed by atoms with Crippen LogP contribution in [0.25, 0.3) is 0 Å². The van der Waals surface area contributed by atoms with Gasteiger partial charge in [0.1, 0.15) is 0 Å². The van der Waals surface area contributed by atoms with Gasteiger partial charge in [0.2, 0.25) is 5.91 Å². The van der Waals surface area contributed by atoms with E-state index in [2.05, 4.69) is 9.84 Å². The van der Waals surface area contributed by atoms with Crippen LogP contribution in [0.2, 0.25) is 0 Å². The van der Waals surface area contributed by atoms with Gasteiger partial charge in [-0.2, -0.15) is 11.8 Å². The monoisotopic (exact) mass is 558 g/mol. The summed E-state index contributed by atoms with van der Waals surface area (Å²) in [7, 11) is -7.65. The van der Waals surface area contributed by atoms with Crippen molar-refractivity contribution >= 4 is 44.7 Å². The van der Waals surface area contributed by atoms with Crippen molar-refractivity contribution in [2.75, 3.05) is 37.6 Å². The Morgan fingerprint density at radius 3 is 2.40 bits per heavy atom. The first-order valence-electron chi connectivity index (χ1n) is 10.7. The fraction of sp³-hybridized carbons (Fsp3) is 0.632. The zero-order valence-electron chi connectivity index (χ0n) is 19.8. The third kappa shape index (κ3) is 13.0. The van der Waals surface area contributed by atoms with E-state index in [-0.39, 0.29) is 43.0 Å². The normalized spacial score (nSPS) is 15.7. The van der Waals surface area contributed by atoms with Crippen molar-refractivity contribution in [1.82, 2.24) is 0 Å². The Morgan fingerprint density at radius 2 is 1.80 bits per heavy atom. The maximum absolute atomic E-state index is 12.2. The molecule has 0 fully saturated rings. The molecule has 3 atom stereocenters. The van der Waals surface area contributed by atoms with Crippen LogP contribution in [0.15, 0.2) is 18.2 Å². The number of amides is 1. The summed E-state index contributed by atoms with van der Waals surface area (Å²) in [6.45, 7) is 1.24. The number of nitrogens with zero attached hydrogens (tertiary/aromatic N) is 1. The standard InChI is InChI=1S/C19H32N2O11P2S/c1-15(32-33(25,26)29-2)17-14-16(9-10-18(17)21(23)24)20-19(22)8-7-12-31-34(27,28)30-11-5-4-6-13-35-3/h9-10,14-15H,4-8,11-13H2,1-3H3,(H,20,22)(H,25,26)(H,27,28). The smallest absolute Gasteiger partial charge is 0.326 e. The van der Waals surface area contributed by atoms with E-state index in [0.29, 0.717) is 6.42 Å². The first-order valence-corrected chi connectivity index (χ1v) is 15.0. The molecule has 0 radical (unpaired) electrons. The van der Waals surface area contributed by atoms with Crippen molar-refractivity contribution in [3.63, 3.8) is 0 Å². The fourth-order valence-corrected chi connectivity index (χ4v) is 4.69. The number of hydrogen-bond donors (Lipinski definition) is 3. The van der Waals surface area contributed by atoms with E-state index in [0.717, 1.165) is 31.8 Å². The summed E-state index contributed by atoms with van der Waals surface area (Å²) in [5.74, 6) is 0.538. The molecule has 1 aromatic carbocycles. The van der Waals surface area contributed by atoms with Crippen LogP contribution in [0, 0.1) is 10.1 Å². The molecule has 1 amide bonds. The lowest BCUT2D eigenvalue weighted by atomic mass is 10.1. The number of thioether (sulfide) groups is 1. The number of nitrogens with one attached hydrogen (secondary N) is 1. The van der Waals surface area contributed by atoms with Crippen molar-refractivity contribution in [2.24, 2.45) is 0 Å². The molecule has 0 aliphatic heterocycles. The number of nitro groups is 1. The van der Waals surface area contributed by atoms with Crippen molar-refractivity contribution in [2.45, 2.75) is 45.1 Å². The number of phosphoric ester groups is 2. The zero-order chi connectivity index (χ0) is 26.5. The van der Waals surface area contributed by atoms with Crippen LogP contribution < -0.4 is 5.32 Å². The SMILES string of the molecule is COP(=O)(O)OC(C)c1cc(NC(=O)CCCOP(=O)(O)OCCCCCSC)ccc1[N+](=O)[O-]. The lowest BCUT2D eigenvalue weighted by Crippen LogP contribution is -2.13. The van der Waals surface area contributed by atoms with E-state index in [9.17, 15) is 33.8 Å². The van der Waals surface area contributed by atoms with Gasteiger partial charge in [0.05, 0.1) is 29.8 Å². The molecule has 0 bridgehead atoms. The van der Waals surface area contributed by atoms with E-state index in [1.807, 2.05) is 6.26 Å². The maximum Gasteiger partial charge on any atom is 0.472 e. The van der Waals surface area contributed by atoms with Gasteiger partial charge in [-0.1, -0.05) is 6.42 Å². The average molecular weight is 558 g/mol. The molecule has 13 nitrogen and oxygen atoms in total. The van der Waals surface area contributed by atoms with Gasteiger partial charge in [-0.15, -0.1) is 0 Å². The Kier molecular flexibility index (Phi) is 14.2. The molecule has 0 aromatic heterocycles. The van der Waals surface area contributed by atoms with Gasteiger partial charge < -0.3 is 15.1 Å². The maximum atomic E-state index is 12.2. The minimum absolute atomic E-state index is 0.0470. The van der Waals surface area contributed by atoms with E-state index in [1.165, 1.54) is 19.1 Å². The van der Waals surface area contributed by atoms with Crippen molar-refractivity contribution in [1.29, 1.82) is 0 Å². The number of carbonyl (C=O) groups excluding carboxylic acids is 1. The van der Waals surface area contributed by atoms with Crippen LogP contribution in [0.1, 0.15) is 50.7 Å². The Morgan fingerprint density at radius 1 is 1.14 bits per heavy atom. The molecule has 0 aliphatic rings. The summed E-state index contributed by atoms with van der Waals surface area (Å²) in [4.78, 5) is 42.0. The molecule has 16 heteroatoms. The lowest BCUT2D eigenvalue weighted by molar-refractivity contribution is -0.386. The Labute approximate surface area is 208 Å². The third-order valence-corrected chi connectivity index (χ3v) is 7.28. The highest BCUT2D eigenvalue weighted by molar-refractivity contribution is 7.98. The van der Waals surface area contributed by atoms with Gasteiger partial charge in [0.25, 0.3) is 5.69 Å². The molecule has 3 unspecified atom stereocenters. The summed E-state index contributed by atoms with van der Waals surface area (Å²) in [6.07, 6.45) is 3.37. The predicted molar refractivity (Wildman–Crippen MR) is 131 cm³/mol. The van der Waals surface area contributed by atoms with Gasteiger partial charge in [0.15, 0.2) is 0 Å². The van der Waals surface area contributed by atoms with E-state index < -0.39 is 32.6 Å². The highest BCUT2D eigenvalue weighted by atomic mass is 32.2. The number of phosphoric acid groups is 2. The topological polar surface area (TPSA) is 184 Å². The van der Waals surface area contributed by atoms with Gasteiger partial charge in [-0.05, 0) is 50.3 Å². The van der Waals surface area contributed by atoms with Crippen molar-refractivity contribution < 1.29 is 46.7 Å². The lowest BCUT2D eigenvalue weighted by Gasteiger charge is -2.17. The molecule has 0 saturated heterocycles. The quantitative estimate of drug-likeness (QED) is 0.0969. The van der Waals surface area contributed by atoms with Crippen LogP contribution in [0.4, 0.5) is 11.4 Å². The molecular formula is C19H32N2O11P2S. The number of hydrogen-bond acceptors (Lipinski definition) is 10. The average Bonchev–Trinajstić information content (AvgIpc) is 2.78. The molecule has 1 rings (SSSR count). The number of unbranched alkanes of at least 4 members (excludes halogenated alkanes) is 2. The second-order valence-corrected chi connectivity index (χ2v) is 11.2. The third-order valence-electron chi connectivity index (χ3n) is 4.52. The largest absolute Gasteiger partial charge is 0.472 e. The van der Waals surface area contributed by atoms with Gasteiger partial charge in [-0.25, -0.2) is 9.13 Å². The zero-order valence-corrected chi connectivity index (χ0v) is 22.4. The minimum atomic E-state index is -4.41. The van der Waals surface area contributed by atoms with Gasteiger partial charge in [0, 0.05) is 25.3 Å². The number of benzene rings is 1. The fourth-order valence-electron chi connectivity index (χ4n) is 2.80. The molecule has 200 valence electrons. The van der Waals surface area contributed by atoms with E-state index in [4.69, 9.17) is 13.6 Å². The predicted octanol–water partition coefficient (Wildman–Crippen LogP) is 4.80. The molecule has 0 aliphatic carbocycles. The van der Waals surface area contributed by atoms with E-state index >= 15 is 0 Å². The molecule has 3 N–H and O–H groups in total. The van der Waals surface area contributed by atoms with Crippen LogP contribution in [0.3, 0.4) is 0 Å². The van der Waals surface area contributed by atoms with Gasteiger partial charge >= 0.3 is 15.6 Å². The molecule has 0 saturated carbocycles. The van der Waals surface area contributed by atoms with Gasteiger partial charge in [-0.3, -0.25) is 33.0 Å². The molecule has 0 spiro atoms. The Bertz CT molecular complexity index is 934. The second-order valence-electron chi connectivity index (χ2n) is 7.27. The van der Waals surface area contributed by atoms with Crippen LogP contribution in [0.5, 0.6) is 0 Å². The van der Waals surface area contributed by atoms with Crippen LogP contribution in [-0.2, 0) is 32.0 Å². The minimum Gasteiger partial charge on any atom is -0.326 e. The molecular weight excluding hydrogens is 526 g/mol. The molecule has 35 heavy (non-hydrogen) atoms. The van der Waals surface area contributed by atoms with Crippen LogP contribution >= 0.6 is 27.4 Å². The van der Waals surface area contributed by atoms with Crippen molar-refractivity contribution in [3.8, 4) is 0 Å². The molecule has 1 aromatic rings. The first-order chi connectivity index (χ1) is 16.4. The number of rotatable bonds is 18. The summed E-state index contributed by atoms with van der Waals surface area (Å²) >= 11 is 1.73. The highest BCUT2D eigenvalue weighted by Gasteiger charge is 2.28. The Hall–Kier alpha value is -1.34. The highest BCUT2D eigenvalue weighted by Crippen LogP contribution is 2.48. The number of nitro benzene ring substituents is 1.